The second-order valence-corrected chi connectivity index (χ2v) is 10.7. The molecule has 2 heterocycles. The summed E-state index contributed by atoms with van der Waals surface area (Å²) in [4.78, 5) is 33.0. The summed E-state index contributed by atoms with van der Waals surface area (Å²) < 4.78 is 1.59. The Hall–Kier alpha value is -3.20. The number of aromatic nitrogens is 2. The highest BCUT2D eigenvalue weighted by Gasteiger charge is 2.23. The Morgan fingerprint density at radius 3 is 2.72 bits per heavy atom. The van der Waals surface area contributed by atoms with Crippen LogP contribution in [0.5, 0.6) is 0 Å². The Kier molecular flexibility index (Phi) is 7.65. The number of aryl methyl sites for hydroxylation is 2. The van der Waals surface area contributed by atoms with Gasteiger partial charge in [0.15, 0.2) is 5.16 Å². The van der Waals surface area contributed by atoms with Crippen molar-refractivity contribution in [3.05, 3.63) is 92.1 Å². The van der Waals surface area contributed by atoms with E-state index in [9.17, 15) is 9.59 Å². The van der Waals surface area contributed by atoms with E-state index >= 15 is 0 Å². The lowest BCUT2D eigenvalue weighted by atomic mass is 9.97. The maximum absolute atomic E-state index is 13.7. The molecule has 0 aliphatic heterocycles. The number of halogens is 1. The number of amides is 1. The van der Waals surface area contributed by atoms with E-state index in [-0.39, 0.29) is 17.2 Å². The number of nitrogens with zero attached hydrogens (tertiary/aromatic N) is 3. The molecule has 0 spiro atoms. The van der Waals surface area contributed by atoms with E-state index < -0.39 is 0 Å². The molecule has 0 saturated heterocycles. The fraction of sp³-hybridized carbons (Fsp3) is 0.185. The summed E-state index contributed by atoms with van der Waals surface area (Å²) in [6.07, 6.45) is 9.28. The normalized spacial score (nSPS) is 13.5. The van der Waals surface area contributed by atoms with Gasteiger partial charge in [0, 0.05) is 16.1 Å². The van der Waals surface area contributed by atoms with E-state index in [2.05, 4.69) is 10.5 Å². The van der Waals surface area contributed by atoms with Crippen molar-refractivity contribution in [2.24, 2.45) is 5.10 Å². The van der Waals surface area contributed by atoms with E-state index in [1.807, 2.05) is 36.4 Å². The van der Waals surface area contributed by atoms with Crippen LogP contribution in [0.2, 0.25) is 5.02 Å². The molecular formula is C27H23ClN4O2S2. The minimum Gasteiger partial charge on any atom is -0.272 e. The second-order valence-electron chi connectivity index (χ2n) is 8.27. The van der Waals surface area contributed by atoms with Crippen molar-refractivity contribution in [1.29, 1.82) is 0 Å². The van der Waals surface area contributed by atoms with Gasteiger partial charge in [0.2, 0.25) is 0 Å². The highest BCUT2D eigenvalue weighted by Crippen LogP contribution is 2.35. The van der Waals surface area contributed by atoms with E-state index in [4.69, 9.17) is 16.6 Å². The molecule has 0 radical (unpaired) electrons. The monoisotopic (exact) mass is 534 g/mol. The number of benzene rings is 2. The van der Waals surface area contributed by atoms with Gasteiger partial charge in [-0.3, -0.25) is 14.2 Å². The number of fused-ring (bicyclic) bond motifs is 3. The first-order valence-electron chi connectivity index (χ1n) is 11.6. The minimum atomic E-state index is -0.285. The Morgan fingerprint density at radius 2 is 1.92 bits per heavy atom. The zero-order valence-corrected chi connectivity index (χ0v) is 21.7. The van der Waals surface area contributed by atoms with Gasteiger partial charge < -0.3 is 0 Å². The molecule has 6 nitrogen and oxygen atoms in total. The number of hydrogen-bond donors (Lipinski definition) is 1. The maximum atomic E-state index is 13.7. The first-order chi connectivity index (χ1) is 17.6. The average Bonchev–Trinajstić information content (AvgIpc) is 3.27. The smallest absolute Gasteiger partial charge is 0.267 e. The van der Waals surface area contributed by atoms with Crippen LogP contribution in [-0.4, -0.2) is 27.4 Å². The van der Waals surface area contributed by atoms with Crippen molar-refractivity contribution < 1.29 is 4.79 Å². The third-order valence-corrected chi connectivity index (χ3v) is 8.19. The molecule has 0 fully saturated rings. The largest absolute Gasteiger partial charge is 0.272 e. The molecular weight excluding hydrogens is 512 g/mol. The number of carbonyl (C=O) groups excluding carboxylic acids is 1. The lowest BCUT2D eigenvalue weighted by molar-refractivity contribution is -0.118. The van der Waals surface area contributed by atoms with Gasteiger partial charge in [-0.05, 0) is 67.2 Å². The number of thiophene rings is 1. The topological polar surface area (TPSA) is 76.3 Å². The van der Waals surface area contributed by atoms with E-state index in [0.29, 0.717) is 21.3 Å². The molecule has 0 unspecified atom stereocenters. The molecule has 0 saturated carbocycles. The molecule has 5 rings (SSSR count). The number of hydrazone groups is 1. The molecule has 4 aromatic rings. The first-order valence-corrected chi connectivity index (χ1v) is 13.8. The Balaban J connectivity index is 1.37. The molecule has 0 bridgehead atoms. The summed E-state index contributed by atoms with van der Waals surface area (Å²) >= 11 is 8.89. The summed E-state index contributed by atoms with van der Waals surface area (Å²) in [6.45, 7) is 0. The number of nitrogens with one attached hydrogen (secondary N) is 1. The fourth-order valence-electron chi connectivity index (χ4n) is 4.13. The summed E-state index contributed by atoms with van der Waals surface area (Å²) in [5.41, 5.74) is 5.27. The fourth-order valence-corrected chi connectivity index (χ4v) is 6.37. The maximum Gasteiger partial charge on any atom is 0.267 e. The molecule has 1 aliphatic carbocycles. The molecule has 2 aromatic heterocycles. The van der Waals surface area contributed by atoms with Gasteiger partial charge >= 0.3 is 0 Å². The Bertz CT molecular complexity index is 1510. The third kappa shape index (κ3) is 5.46. The van der Waals surface area contributed by atoms with Crippen LogP contribution < -0.4 is 11.0 Å². The average molecular weight is 535 g/mol. The van der Waals surface area contributed by atoms with E-state index in [0.717, 1.165) is 41.6 Å². The highest BCUT2D eigenvalue weighted by atomic mass is 35.5. The molecule has 1 aliphatic rings. The number of thioether (sulfide) groups is 1. The molecule has 1 amide bonds. The van der Waals surface area contributed by atoms with Gasteiger partial charge in [0.25, 0.3) is 11.5 Å². The van der Waals surface area contributed by atoms with E-state index in [1.165, 1.54) is 22.9 Å². The van der Waals surface area contributed by atoms with Gasteiger partial charge in [0.1, 0.15) is 4.83 Å². The van der Waals surface area contributed by atoms with Crippen molar-refractivity contribution in [3.63, 3.8) is 0 Å². The second kappa shape index (κ2) is 11.2. The summed E-state index contributed by atoms with van der Waals surface area (Å²) in [5.74, 6) is -0.219. The number of rotatable bonds is 7. The van der Waals surface area contributed by atoms with Crippen molar-refractivity contribution in [2.75, 3.05) is 5.75 Å². The molecule has 1 N–H and O–H groups in total. The Labute approximate surface area is 221 Å². The van der Waals surface area contributed by atoms with Gasteiger partial charge in [-0.2, -0.15) is 5.10 Å². The van der Waals surface area contributed by atoms with Gasteiger partial charge in [-0.1, -0.05) is 59.8 Å². The quantitative estimate of drug-likeness (QED) is 0.139. The summed E-state index contributed by atoms with van der Waals surface area (Å²) in [7, 11) is 0. The lowest BCUT2D eigenvalue weighted by Gasteiger charge is -2.13. The van der Waals surface area contributed by atoms with Crippen molar-refractivity contribution in [3.8, 4) is 5.69 Å². The third-order valence-electron chi connectivity index (χ3n) is 5.81. The number of allylic oxidation sites excluding steroid dienone is 1. The highest BCUT2D eigenvalue weighted by molar-refractivity contribution is 7.99. The van der Waals surface area contributed by atoms with Crippen LogP contribution in [0.4, 0.5) is 0 Å². The SMILES string of the molecule is O=C(CSc1nc2sc3c(c2c(=O)n1-c1ccc(Cl)cc1)CCCC3)NN=CC=Cc1ccccc1. The van der Waals surface area contributed by atoms with Crippen LogP contribution in [0.15, 0.2) is 75.7 Å². The predicted octanol–water partition coefficient (Wildman–Crippen LogP) is 5.89. The van der Waals surface area contributed by atoms with Gasteiger partial charge in [-0.25, -0.2) is 10.4 Å². The van der Waals surface area contributed by atoms with Gasteiger partial charge in [0.05, 0.1) is 16.8 Å². The van der Waals surface area contributed by atoms with E-state index in [1.54, 1.807) is 46.2 Å². The van der Waals surface area contributed by atoms with Crippen molar-refractivity contribution in [2.45, 2.75) is 30.8 Å². The number of hydrogen-bond acceptors (Lipinski definition) is 6. The van der Waals surface area contributed by atoms with Crippen LogP contribution in [0.1, 0.15) is 28.8 Å². The number of carbonyl (C=O) groups is 1. The van der Waals surface area contributed by atoms with Crippen LogP contribution >= 0.6 is 34.7 Å². The molecule has 9 heteroatoms. The van der Waals surface area contributed by atoms with Crippen LogP contribution in [0.25, 0.3) is 22.0 Å². The summed E-state index contributed by atoms with van der Waals surface area (Å²) in [5, 5.41) is 5.73. The van der Waals surface area contributed by atoms with Crippen molar-refractivity contribution in [1.82, 2.24) is 15.0 Å². The zero-order chi connectivity index (χ0) is 24.9. The minimum absolute atomic E-state index is 0.0658. The summed E-state index contributed by atoms with van der Waals surface area (Å²) in [6, 6.07) is 16.9. The van der Waals surface area contributed by atoms with Crippen LogP contribution in [0.3, 0.4) is 0 Å². The van der Waals surface area contributed by atoms with Gasteiger partial charge in [-0.15, -0.1) is 11.3 Å². The molecule has 182 valence electrons. The molecule has 0 atom stereocenters. The molecule has 36 heavy (non-hydrogen) atoms. The lowest BCUT2D eigenvalue weighted by Crippen LogP contribution is -2.24. The standard InChI is InChI=1S/C27H23ClN4O2S2/c28-19-12-14-20(15-13-19)32-26(34)24-21-10-4-5-11-22(21)36-25(24)30-27(32)35-17-23(33)31-29-16-6-9-18-7-2-1-3-8-18/h1-3,6-9,12-16H,4-5,10-11,17H2,(H,31,33). The Morgan fingerprint density at radius 1 is 1.14 bits per heavy atom. The predicted molar refractivity (Wildman–Crippen MR) is 150 cm³/mol. The zero-order valence-electron chi connectivity index (χ0n) is 19.3. The van der Waals surface area contributed by atoms with Crippen LogP contribution in [-0.2, 0) is 17.6 Å². The first kappa shape index (κ1) is 24.5. The molecule has 2 aromatic carbocycles. The van der Waals surface area contributed by atoms with Crippen LogP contribution in [0, 0.1) is 0 Å². The van der Waals surface area contributed by atoms with Crippen molar-refractivity contribution >= 4 is 63.1 Å².